The van der Waals surface area contributed by atoms with Gasteiger partial charge in [-0.3, -0.25) is 9.69 Å². The molecule has 1 unspecified atom stereocenters. The van der Waals surface area contributed by atoms with Gasteiger partial charge in [-0.05, 0) is 41.7 Å². The van der Waals surface area contributed by atoms with Crippen LogP contribution in [0.3, 0.4) is 0 Å². The van der Waals surface area contributed by atoms with Crippen molar-refractivity contribution in [2.75, 3.05) is 26.2 Å². The normalized spacial score (nSPS) is 21.9. The third-order valence-electron chi connectivity index (χ3n) is 5.34. The zero-order valence-corrected chi connectivity index (χ0v) is 15.5. The number of likely N-dealkylation sites (tertiary alicyclic amines) is 1. The highest BCUT2D eigenvalue weighted by molar-refractivity contribution is 6.30. The zero-order chi connectivity index (χ0) is 18.0. The molecular formula is C21H23ClN2O2. The Balaban J connectivity index is 1.26. The highest BCUT2D eigenvalue weighted by Crippen LogP contribution is 2.43. The van der Waals surface area contributed by atoms with Crippen molar-refractivity contribution in [3.63, 3.8) is 0 Å². The van der Waals surface area contributed by atoms with Crippen LogP contribution in [0.4, 0.5) is 0 Å². The lowest BCUT2D eigenvalue weighted by atomic mass is 9.92. The number of hydrogen-bond donors (Lipinski definition) is 1. The summed E-state index contributed by atoms with van der Waals surface area (Å²) in [6, 6.07) is 16.2. The summed E-state index contributed by atoms with van der Waals surface area (Å²) in [5.41, 5.74) is 3.53. The smallest absolute Gasteiger partial charge is 0.234 e. The molecule has 0 saturated carbocycles. The van der Waals surface area contributed by atoms with E-state index in [0.717, 1.165) is 31.0 Å². The van der Waals surface area contributed by atoms with E-state index in [2.05, 4.69) is 34.5 Å². The van der Waals surface area contributed by atoms with E-state index < -0.39 is 0 Å². The molecule has 0 aliphatic carbocycles. The average Bonchev–Trinajstić information content (AvgIpc) is 3.22. The maximum absolute atomic E-state index is 12.3. The van der Waals surface area contributed by atoms with Crippen LogP contribution in [0.15, 0.2) is 48.5 Å². The summed E-state index contributed by atoms with van der Waals surface area (Å²) < 4.78 is 6.15. The number of amides is 1. The molecule has 2 aromatic carbocycles. The molecule has 0 bridgehead atoms. The van der Waals surface area contributed by atoms with Gasteiger partial charge in [-0.1, -0.05) is 48.0 Å². The Kier molecular flexibility index (Phi) is 4.98. The molecule has 2 aromatic rings. The second-order valence-corrected chi connectivity index (χ2v) is 7.56. The molecule has 1 atom stereocenters. The predicted octanol–water partition coefficient (Wildman–Crippen LogP) is 3.13. The highest BCUT2D eigenvalue weighted by Gasteiger charge is 2.45. The number of carbonyl (C=O) groups excluding carboxylic acids is 1. The van der Waals surface area contributed by atoms with Crippen LogP contribution in [-0.4, -0.2) is 37.0 Å². The van der Waals surface area contributed by atoms with Crippen molar-refractivity contribution in [1.82, 2.24) is 10.2 Å². The van der Waals surface area contributed by atoms with Crippen LogP contribution >= 0.6 is 11.6 Å². The first-order valence-electron chi connectivity index (χ1n) is 9.10. The number of fused-ring (bicyclic) bond motifs is 2. The fourth-order valence-electron chi connectivity index (χ4n) is 3.97. The van der Waals surface area contributed by atoms with E-state index in [1.807, 2.05) is 24.3 Å². The molecule has 4 nitrogen and oxygen atoms in total. The van der Waals surface area contributed by atoms with Crippen molar-refractivity contribution in [2.45, 2.75) is 25.0 Å². The lowest BCUT2D eigenvalue weighted by molar-refractivity contribution is -0.122. The molecule has 2 heterocycles. The lowest BCUT2D eigenvalue weighted by Gasteiger charge is -2.24. The third-order valence-corrected chi connectivity index (χ3v) is 5.59. The molecule has 0 radical (unpaired) electrons. The quantitative estimate of drug-likeness (QED) is 0.879. The summed E-state index contributed by atoms with van der Waals surface area (Å²) in [6.45, 7) is 3.41. The van der Waals surface area contributed by atoms with Crippen molar-refractivity contribution >= 4 is 17.5 Å². The first-order valence-corrected chi connectivity index (χ1v) is 9.48. The van der Waals surface area contributed by atoms with E-state index in [4.69, 9.17) is 16.3 Å². The molecule has 4 rings (SSSR count). The number of halogens is 1. The second kappa shape index (κ2) is 7.39. The molecule has 1 saturated heterocycles. The fraction of sp³-hybridized carbons (Fsp3) is 0.381. The Morgan fingerprint density at radius 1 is 1.19 bits per heavy atom. The summed E-state index contributed by atoms with van der Waals surface area (Å²) in [5.74, 6) is 0.0716. The van der Waals surface area contributed by atoms with E-state index in [0.29, 0.717) is 19.7 Å². The molecule has 0 aromatic heterocycles. The van der Waals surface area contributed by atoms with Gasteiger partial charge in [-0.25, -0.2) is 0 Å². The van der Waals surface area contributed by atoms with Crippen molar-refractivity contribution in [1.29, 1.82) is 0 Å². The first-order chi connectivity index (χ1) is 12.6. The van der Waals surface area contributed by atoms with Gasteiger partial charge in [-0.2, -0.15) is 0 Å². The number of benzene rings is 2. The van der Waals surface area contributed by atoms with Crippen LogP contribution in [0, 0.1) is 0 Å². The Bertz CT molecular complexity index is 793. The number of carbonyl (C=O) groups is 1. The first kappa shape index (κ1) is 17.5. The molecule has 2 aliphatic heterocycles. The molecular weight excluding hydrogens is 348 g/mol. The van der Waals surface area contributed by atoms with Crippen LogP contribution in [0.1, 0.15) is 23.1 Å². The molecule has 5 heteroatoms. The number of nitrogens with one attached hydrogen (secondary N) is 1. The van der Waals surface area contributed by atoms with Crippen molar-refractivity contribution in [2.24, 2.45) is 0 Å². The van der Waals surface area contributed by atoms with Gasteiger partial charge in [-0.15, -0.1) is 0 Å². The van der Waals surface area contributed by atoms with Gasteiger partial charge in [0.1, 0.15) is 5.60 Å². The van der Waals surface area contributed by atoms with Gasteiger partial charge in [0.05, 0.1) is 13.2 Å². The molecule has 2 aliphatic rings. The minimum absolute atomic E-state index is 0.0716. The van der Waals surface area contributed by atoms with E-state index in [1.54, 1.807) is 0 Å². The summed E-state index contributed by atoms with van der Waals surface area (Å²) in [4.78, 5) is 14.5. The van der Waals surface area contributed by atoms with Crippen molar-refractivity contribution in [3.8, 4) is 0 Å². The van der Waals surface area contributed by atoms with Crippen molar-refractivity contribution < 1.29 is 9.53 Å². The number of hydrogen-bond acceptors (Lipinski definition) is 3. The summed E-state index contributed by atoms with van der Waals surface area (Å²) in [7, 11) is 0. The van der Waals surface area contributed by atoms with Gasteiger partial charge in [0.25, 0.3) is 0 Å². The van der Waals surface area contributed by atoms with Gasteiger partial charge in [0.15, 0.2) is 0 Å². The van der Waals surface area contributed by atoms with Crippen LogP contribution < -0.4 is 5.32 Å². The standard InChI is InChI=1S/C21H23ClN2O2/c22-18-7-5-16(6-8-18)9-11-23-20(25)13-24-12-10-21(15-24)19-4-2-1-3-17(19)14-26-21/h1-8H,9-15H2,(H,23,25). The van der Waals surface area contributed by atoms with Gasteiger partial charge >= 0.3 is 0 Å². The Morgan fingerprint density at radius 2 is 2.00 bits per heavy atom. The topological polar surface area (TPSA) is 41.6 Å². The fourth-order valence-corrected chi connectivity index (χ4v) is 4.10. The van der Waals surface area contributed by atoms with Gasteiger partial charge in [0.2, 0.25) is 5.91 Å². The summed E-state index contributed by atoms with van der Waals surface area (Å²) in [6.07, 6.45) is 1.76. The van der Waals surface area contributed by atoms with Crippen LogP contribution in [-0.2, 0) is 28.2 Å². The Hall–Kier alpha value is -1.88. The maximum atomic E-state index is 12.3. The molecule has 26 heavy (non-hydrogen) atoms. The van der Waals surface area contributed by atoms with E-state index in [1.165, 1.54) is 16.7 Å². The molecule has 1 spiro atoms. The van der Waals surface area contributed by atoms with Crippen LogP contribution in [0.5, 0.6) is 0 Å². The zero-order valence-electron chi connectivity index (χ0n) is 14.7. The van der Waals surface area contributed by atoms with Crippen molar-refractivity contribution in [3.05, 3.63) is 70.2 Å². The van der Waals surface area contributed by atoms with Gasteiger partial charge < -0.3 is 10.1 Å². The van der Waals surface area contributed by atoms with Gasteiger partial charge in [0, 0.05) is 24.7 Å². The minimum Gasteiger partial charge on any atom is -0.364 e. The van der Waals surface area contributed by atoms with Crippen LogP contribution in [0.25, 0.3) is 0 Å². The summed E-state index contributed by atoms with van der Waals surface area (Å²) >= 11 is 5.89. The van der Waals surface area contributed by atoms with E-state index in [9.17, 15) is 4.79 Å². The molecule has 136 valence electrons. The second-order valence-electron chi connectivity index (χ2n) is 7.13. The maximum Gasteiger partial charge on any atom is 0.234 e. The molecule has 1 amide bonds. The monoisotopic (exact) mass is 370 g/mol. The largest absolute Gasteiger partial charge is 0.364 e. The average molecular weight is 371 g/mol. The Morgan fingerprint density at radius 3 is 2.85 bits per heavy atom. The van der Waals surface area contributed by atoms with Crippen LogP contribution in [0.2, 0.25) is 5.02 Å². The summed E-state index contributed by atoms with van der Waals surface area (Å²) in [5, 5.41) is 3.75. The highest BCUT2D eigenvalue weighted by atomic mass is 35.5. The molecule has 1 fully saturated rings. The number of rotatable bonds is 5. The Labute approximate surface area is 159 Å². The lowest BCUT2D eigenvalue weighted by Crippen LogP contribution is -2.38. The van der Waals surface area contributed by atoms with E-state index >= 15 is 0 Å². The number of nitrogens with zero attached hydrogens (tertiary/aromatic N) is 1. The third kappa shape index (κ3) is 3.63. The van der Waals surface area contributed by atoms with E-state index in [-0.39, 0.29) is 11.5 Å². The SMILES string of the molecule is O=C(CN1CCC2(C1)OCc1ccccc12)NCCc1ccc(Cl)cc1. The molecule has 1 N–H and O–H groups in total. The predicted molar refractivity (Wildman–Crippen MR) is 102 cm³/mol. The number of ether oxygens (including phenoxy) is 1. The minimum atomic E-state index is -0.222.